The number of nitrogens with two attached hydrogens (primary N) is 2. The second kappa shape index (κ2) is 4.72. The average Bonchev–Trinajstić information content (AvgIpc) is 2.15. The summed E-state index contributed by atoms with van der Waals surface area (Å²) in [5.74, 6) is 0.00731. The summed E-state index contributed by atoms with van der Waals surface area (Å²) in [6.45, 7) is 1.87. The van der Waals surface area contributed by atoms with Gasteiger partial charge in [0.25, 0.3) is 0 Å². The zero-order chi connectivity index (χ0) is 10.6. The first-order valence-electron chi connectivity index (χ1n) is 4.59. The number of ketones is 1. The highest BCUT2D eigenvalue weighted by Crippen LogP contribution is 2.12. The second-order valence-corrected chi connectivity index (χ2v) is 3.40. The lowest BCUT2D eigenvalue weighted by molar-refractivity contribution is 0.0978. The van der Waals surface area contributed by atoms with E-state index in [0.717, 1.165) is 0 Å². The van der Waals surface area contributed by atoms with Crippen LogP contribution in [0, 0.1) is 0 Å². The Bertz CT molecular complexity index is 323. The molecule has 1 unspecified atom stereocenters. The van der Waals surface area contributed by atoms with Crippen LogP contribution >= 0.6 is 0 Å². The smallest absolute Gasteiger partial charge is 0.166 e. The van der Waals surface area contributed by atoms with Gasteiger partial charge in [-0.1, -0.05) is 0 Å². The number of nitrogen functional groups attached to an aromatic ring is 1. The van der Waals surface area contributed by atoms with Gasteiger partial charge in [-0.2, -0.15) is 0 Å². The molecular formula is C10H15N3O. The molecule has 14 heavy (non-hydrogen) atoms. The Balaban J connectivity index is 2.65. The number of hydrogen-bond acceptors (Lipinski definition) is 4. The lowest BCUT2D eigenvalue weighted by Crippen LogP contribution is -2.16. The molecule has 0 bridgehead atoms. The van der Waals surface area contributed by atoms with E-state index in [9.17, 15) is 4.79 Å². The molecule has 0 saturated carbocycles. The second-order valence-electron chi connectivity index (χ2n) is 3.40. The number of carbonyl (C=O) groups excluding carboxylic acids is 1. The van der Waals surface area contributed by atoms with Gasteiger partial charge >= 0.3 is 0 Å². The third-order valence-electron chi connectivity index (χ3n) is 1.98. The predicted octanol–water partition coefficient (Wildman–Crippen LogP) is 0.974. The van der Waals surface area contributed by atoms with Gasteiger partial charge in [0.05, 0.1) is 5.56 Å². The van der Waals surface area contributed by atoms with E-state index >= 15 is 0 Å². The number of pyridine rings is 1. The Morgan fingerprint density at radius 3 is 2.93 bits per heavy atom. The molecular weight excluding hydrogens is 178 g/mol. The van der Waals surface area contributed by atoms with Gasteiger partial charge in [-0.05, 0) is 19.4 Å². The van der Waals surface area contributed by atoms with Gasteiger partial charge in [0.2, 0.25) is 0 Å². The Morgan fingerprint density at radius 2 is 2.36 bits per heavy atom. The SMILES string of the molecule is CC(N)CCC(=O)c1cnccc1N. The molecule has 0 radical (unpaired) electrons. The van der Waals surface area contributed by atoms with Crippen LogP contribution in [0.4, 0.5) is 5.69 Å². The minimum atomic E-state index is 0.00731. The fourth-order valence-corrected chi connectivity index (χ4v) is 1.13. The number of aromatic nitrogens is 1. The molecule has 1 aromatic heterocycles. The molecule has 1 aromatic rings. The lowest BCUT2D eigenvalue weighted by atomic mass is 10.0. The van der Waals surface area contributed by atoms with Gasteiger partial charge in [0, 0.05) is 30.5 Å². The summed E-state index contributed by atoms with van der Waals surface area (Å²) in [6, 6.07) is 1.66. The lowest BCUT2D eigenvalue weighted by Gasteiger charge is -2.05. The van der Waals surface area contributed by atoms with E-state index in [1.807, 2.05) is 6.92 Å². The van der Waals surface area contributed by atoms with E-state index in [2.05, 4.69) is 4.98 Å². The van der Waals surface area contributed by atoms with Crippen molar-refractivity contribution in [2.24, 2.45) is 5.73 Å². The normalized spacial score (nSPS) is 12.4. The molecule has 0 aliphatic carbocycles. The molecule has 4 N–H and O–H groups in total. The molecule has 0 fully saturated rings. The molecule has 1 atom stereocenters. The molecule has 0 saturated heterocycles. The standard InChI is InChI=1S/C10H15N3O/c1-7(11)2-3-10(14)8-6-13-5-4-9(8)12/h4-7H,2-3,11H2,1H3,(H2,12,13). The molecule has 1 heterocycles. The Labute approximate surface area is 83.3 Å². The van der Waals surface area contributed by atoms with Crippen LogP contribution in [0.3, 0.4) is 0 Å². The summed E-state index contributed by atoms with van der Waals surface area (Å²) in [5, 5.41) is 0. The number of Topliss-reactive ketones (excluding diaryl/α,β-unsaturated/α-hetero) is 1. The maximum atomic E-state index is 11.6. The van der Waals surface area contributed by atoms with Crippen molar-refractivity contribution >= 4 is 11.5 Å². The molecule has 4 heteroatoms. The third kappa shape index (κ3) is 2.81. The first-order chi connectivity index (χ1) is 6.61. The van der Waals surface area contributed by atoms with Crippen molar-refractivity contribution in [2.75, 3.05) is 5.73 Å². The number of carbonyl (C=O) groups is 1. The fraction of sp³-hybridized carbons (Fsp3) is 0.400. The molecule has 4 nitrogen and oxygen atoms in total. The van der Waals surface area contributed by atoms with Crippen LogP contribution in [-0.4, -0.2) is 16.8 Å². The van der Waals surface area contributed by atoms with E-state index in [0.29, 0.717) is 24.1 Å². The zero-order valence-electron chi connectivity index (χ0n) is 8.23. The van der Waals surface area contributed by atoms with E-state index in [4.69, 9.17) is 11.5 Å². The summed E-state index contributed by atoms with van der Waals surface area (Å²) in [6.07, 6.45) is 4.16. The molecule has 0 aromatic carbocycles. The highest BCUT2D eigenvalue weighted by molar-refractivity contribution is 6.00. The van der Waals surface area contributed by atoms with Gasteiger partial charge in [0.1, 0.15) is 0 Å². The van der Waals surface area contributed by atoms with Crippen LogP contribution in [0.25, 0.3) is 0 Å². The molecule has 0 spiro atoms. The van der Waals surface area contributed by atoms with Gasteiger partial charge in [0.15, 0.2) is 5.78 Å². The summed E-state index contributed by atoms with van der Waals surface area (Å²) in [4.78, 5) is 15.5. The summed E-state index contributed by atoms with van der Waals surface area (Å²) < 4.78 is 0. The van der Waals surface area contributed by atoms with Crippen LogP contribution in [0.15, 0.2) is 18.5 Å². The minimum Gasteiger partial charge on any atom is -0.398 e. The number of anilines is 1. The summed E-state index contributed by atoms with van der Waals surface area (Å²) in [7, 11) is 0. The van der Waals surface area contributed by atoms with Crippen LogP contribution in [0.2, 0.25) is 0 Å². The number of rotatable bonds is 4. The molecule has 0 amide bonds. The van der Waals surface area contributed by atoms with Crippen LogP contribution < -0.4 is 11.5 Å². The first kappa shape index (κ1) is 10.7. The van der Waals surface area contributed by atoms with Crippen molar-refractivity contribution in [3.8, 4) is 0 Å². The van der Waals surface area contributed by atoms with Crippen molar-refractivity contribution in [2.45, 2.75) is 25.8 Å². The zero-order valence-corrected chi connectivity index (χ0v) is 8.23. The third-order valence-corrected chi connectivity index (χ3v) is 1.98. The monoisotopic (exact) mass is 193 g/mol. The Morgan fingerprint density at radius 1 is 1.64 bits per heavy atom. The highest BCUT2D eigenvalue weighted by atomic mass is 16.1. The van der Waals surface area contributed by atoms with E-state index < -0.39 is 0 Å². The maximum Gasteiger partial charge on any atom is 0.166 e. The summed E-state index contributed by atoms with van der Waals surface area (Å²) in [5.41, 5.74) is 12.2. The van der Waals surface area contributed by atoms with E-state index in [1.165, 1.54) is 6.20 Å². The van der Waals surface area contributed by atoms with Gasteiger partial charge in [-0.3, -0.25) is 9.78 Å². The van der Waals surface area contributed by atoms with Gasteiger partial charge in [-0.25, -0.2) is 0 Å². The molecule has 1 rings (SSSR count). The number of nitrogens with zero attached hydrogens (tertiary/aromatic N) is 1. The van der Waals surface area contributed by atoms with Gasteiger partial charge < -0.3 is 11.5 Å². The molecule has 76 valence electrons. The van der Waals surface area contributed by atoms with Crippen LogP contribution in [-0.2, 0) is 0 Å². The van der Waals surface area contributed by atoms with Crippen molar-refractivity contribution in [3.63, 3.8) is 0 Å². The Hall–Kier alpha value is -1.42. The largest absolute Gasteiger partial charge is 0.398 e. The van der Waals surface area contributed by atoms with Gasteiger partial charge in [-0.15, -0.1) is 0 Å². The van der Waals surface area contributed by atoms with E-state index in [-0.39, 0.29) is 11.8 Å². The van der Waals surface area contributed by atoms with Crippen molar-refractivity contribution in [3.05, 3.63) is 24.0 Å². The van der Waals surface area contributed by atoms with Crippen molar-refractivity contribution in [1.29, 1.82) is 0 Å². The molecule has 0 aliphatic heterocycles. The summed E-state index contributed by atoms with van der Waals surface area (Å²) >= 11 is 0. The van der Waals surface area contributed by atoms with Crippen LogP contribution in [0.1, 0.15) is 30.1 Å². The average molecular weight is 193 g/mol. The van der Waals surface area contributed by atoms with E-state index in [1.54, 1.807) is 12.3 Å². The van der Waals surface area contributed by atoms with Crippen LogP contribution in [0.5, 0.6) is 0 Å². The van der Waals surface area contributed by atoms with Crippen molar-refractivity contribution < 1.29 is 4.79 Å². The first-order valence-corrected chi connectivity index (χ1v) is 4.59. The fourth-order valence-electron chi connectivity index (χ4n) is 1.13. The quantitative estimate of drug-likeness (QED) is 0.698. The Kier molecular flexibility index (Phi) is 3.59. The maximum absolute atomic E-state index is 11.6. The minimum absolute atomic E-state index is 0.00731. The number of hydrogen-bond donors (Lipinski definition) is 2. The predicted molar refractivity (Wildman–Crippen MR) is 55.9 cm³/mol. The highest BCUT2D eigenvalue weighted by Gasteiger charge is 2.09. The topological polar surface area (TPSA) is 82.0 Å². The van der Waals surface area contributed by atoms with Crippen molar-refractivity contribution in [1.82, 2.24) is 4.98 Å². The molecule has 0 aliphatic rings.